The van der Waals surface area contributed by atoms with Crippen LogP contribution in [0.25, 0.3) is 6.08 Å². The molecule has 0 heterocycles. The summed E-state index contributed by atoms with van der Waals surface area (Å²) >= 11 is 0. The number of rotatable bonds is 11. The number of hydrogen-bond acceptors (Lipinski definition) is 4. The van der Waals surface area contributed by atoms with E-state index >= 15 is 0 Å². The molecule has 1 rings (SSSR count). The van der Waals surface area contributed by atoms with Gasteiger partial charge in [0.1, 0.15) is 0 Å². The summed E-state index contributed by atoms with van der Waals surface area (Å²) in [6.07, 6.45) is 10.2. The average molecular weight is 381 g/mol. The molecule has 28 heavy (non-hydrogen) atoms. The second-order valence-corrected chi connectivity index (χ2v) is 7.06. The van der Waals surface area contributed by atoms with Gasteiger partial charge in [-0.1, -0.05) is 55.1 Å². The highest BCUT2D eigenvalue weighted by atomic mass is 15.2. The number of benzene rings is 1. The minimum Gasteiger partial charge on any atom is -0.377 e. The first-order valence-corrected chi connectivity index (χ1v) is 9.72. The molecule has 1 atom stereocenters. The Balaban J connectivity index is 3.02. The Hall–Kier alpha value is -2.59. The van der Waals surface area contributed by atoms with Gasteiger partial charge in [0.2, 0.25) is 0 Å². The van der Waals surface area contributed by atoms with Gasteiger partial charge in [-0.05, 0) is 45.2 Å². The number of likely N-dealkylation sites (N-methyl/N-ethyl adjacent to an activating group) is 2. The Morgan fingerprint density at radius 2 is 1.86 bits per heavy atom. The van der Waals surface area contributed by atoms with Crippen LogP contribution >= 0.6 is 0 Å². The molecule has 4 heteroatoms. The van der Waals surface area contributed by atoms with Gasteiger partial charge in [-0.3, -0.25) is 4.99 Å². The lowest BCUT2D eigenvalue weighted by Crippen LogP contribution is -2.34. The highest BCUT2D eigenvalue weighted by Gasteiger charge is 2.12. The van der Waals surface area contributed by atoms with Crippen molar-refractivity contribution in [2.45, 2.75) is 19.9 Å². The Morgan fingerprint density at radius 3 is 2.43 bits per heavy atom. The molecule has 0 radical (unpaired) electrons. The fraction of sp³-hybridized carbons (Fsp3) is 0.375. The summed E-state index contributed by atoms with van der Waals surface area (Å²) in [7, 11) is 8.04. The molecule has 4 nitrogen and oxygen atoms in total. The van der Waals surface area contributed by atoms with Gasteiger partial charge in [0, 0.05) is 39.4 Å². The normalized spacial score (nSPS) is 14.1. The quantitative estimate of drug-likeness (QED) is 0.461. The van der Waals surface area contributed by atoms with Gasteiger partial charge in [0.15, 0.2) is 0 Å². The van der Waals surface area contributed by atoms with E-state index in [1.54, 1.807) is 7.05 Å². The third-order valence-corrected chi connectivity index (χ3v) is 4.49. The molecule has 0 amide bonds. The first kappa shape index (κ1) is 23.4. The molecule has 0 bridgehead atoms. The van der Waals surface area contributed by atoms with Crippen LogP contribution in [-0.4, -0.2) is 63.3 Å². The molecular weight excluding hydrogens is 344 g/mol. The number of aliphatic imine (C=N–C) groups is 1. The lowest BCUT2D eigenvalue weighted by atomic mass is 10.1. The van der Waals surface area contributed by atoms with Gasteiger partial charge in [0.05, 0.1) is 11.4 Å². The number of allylic oxidation sites excluding steroid dienone is 3. The Morgan fingerprint density at radius 1 is 1.18 bits per heavy atom. The monoisotopic (exact) mass is 380 g/mol. The fourth-order valence-corrected chi connectivity index (χ4v) is 2.64. The maximum Gasteiger partial charge on any atom is 0.0576 e. The second-order valence-electron chi connectivity index (χ2n) is 7.06. The third-order valence-electron chi connectivity index (χ3n) is 4.49. The number of nitrogens with one attached hydrogen (secondary N) is 1. The lowest BCUT2D eigenvalue weighted by molar-refractivity contribution is 0.327. The summed E-state index contributed by atoms with van der Waals surface area (Å²) in [4.78, 5) is 8.52. The summed E-state index contributed by atoms with van der Waals surface area (Å²) in [6.45, 7) is 10.4. The molecule has 0 spiro atoms. The van der Waals surface area contributed by atoms with Gasteiger partial charge in [-0.2, -0.15) is 0 Å². The van der Waals surface area contributed by atoms with Crippen molar-refractivity contribution in [1.29, 1.82) is 0 Å². The summed E-state index contributed by atoms with van der Waals surface area (Å²) in [5, 5.41) is 3.60. The molecule has 1 aromatic rings. The van der Waals surface area contributed by atoms with Crippen molar-refractivity contribution >= 4 is 12.3 Å². The van der Waals surface area contributed by atoms with Crippen LogP contribution in [0.1, 0.15) is 19.4 Å². The Labute approximate surface area is 171 Å². The van der Waals surface area contributed by atoms with E-state index in [4.69, 9.17) is 0 Å². The van der Waals surface area contributed by atoms with Crippen molar-refractivity contribution in [3.63, 3.8) is 0 Å². The zero-order valence-electron chi connectivity index (χ0n) is 18.3. The fourth-order valence-electron chi connectivity index (χ4n) is 2.64. The maximum atomic E-state index is 4.33. The van der Waals surface area contributed by atoms with Gasteiger partial charge >= 0.3 is 0 Å². The van der Waals surface area contributed by atoms with Gasteiger partial charge < -0.3 is 15.1 Å². The van der Waals surface area contributed by atoms with Crippen molar-refractivity contribution in [1.82, 2.24) is 15.1 Å². The van der Waals surface area contributed by atoms with E-state index in [-0.39, 0.29) is 6.04 Å². The van der Waals surface area contributed by atoms with Crippen molar-refractivity contribution in [3.05, 3.63) is 77.7 Å². The predicted octanol–water partition coefficient (Wildman–Crippen LogP) is 4.22. The Bertz CT molecular complexity index is 711. The molecule has 0 saturated heterocycles. The molecule has 1 aromatic carbocycles. The van der Waals surface area contributed by atoms with E-state index in [0.29, 0.717) is 0 Å². The molecule has 0 fully saturated rings. The SMILES string of the molecule is C=C(/C(=C\C=C\c1ccccc1)NC(C)/C(C=NC)=C/C)N(C)CCN(C)C. The number of hydrogen-bond donors (Lipinski definition) is 1. The Kier molecular flexibility index (Phi) is 10.7. The minimum atomic E-state index is 0.129. The maximum absolute atomic E-state index is 4.33. The molecule has 0 saturated carbocycles. The molecule has 0 aromatic heterocycles. The molecule has 1 N–H and O–H groups in total. The van der Waals surface area contributed by atoms with E-state index < -0.39 is 0 Å². The molecule has 1 unspecified atom stereocenters. The largest absolute Gasteiger partial charge is 0.377 e. The summed E-state index contributed by atoms with van der Waals surface area (Å²) < 4.78 is 0. The summed E-state index contributed by atoms with van der Waals surface area (Å²) in [5.41, 5.74) is 4.29. The van der Waals surface area contributed by atoms with Crippen LogP contribution in [0.5, 0.6) is 0 Å². The van der Waals surface area contributed by atoms with Gasteiger partial charge in [-0.15, -0.1) is 0 Å². The van der Waals surface area contributed by atoms with Crippen LogP contribution in [0.15, 0.2) is 77.1 Å². The standard InChI is InChI=1S/C24H36N4/c1-8-23(19-25-4)20(2)26-24(21(3)28(7)18-17-27(5)6)16-12-15-22-13-10-9-11-14-22/h8-16,19-20,26H,3,17-18H2,1-2,4-7H3/b15-12+,23-8+,24-16+,25-19?. The topological polar surface area (TPSA) is 30.9 Å². The van der Waals surface area contributed by atoms with Crippen molar-refractivity contribution in [3.8, 4) is 0 Å². The first-order chi connectivity index (χ1) is 13.4. The van der Waals surface area contributed by atoms with Crippen LogP contribution < -0.4 is 5.32 Å². The molecule has 0 aliphatic carbocycles. The van der Waals surface area contributed by atoms with Gasteiger partial charge in [-0.25, -0.2) is 0 Å². The van der Waals surface area contributed by atoms with Crippen LogP contribution in [-0.2, 0) is 0 Å². The van der Waals surface area contributed by atoms with Crippen LogP contribution in [0.3, 0.4) is 0 Å². The highest BCUT2D eigenvalue weighted by molar-refractivity contribution is 5.79. The molecule has 0 aliphatic heterocycles. The van der Waals surface area contributed by atoms with Crippen molar-refractivity contribution < 1.29 is 0 Å². The van der Waals surface area contributed by atoms with E-state index in [1.165, 1.54) is 5.56 Å². The first-order valence-electron chi connectivity index (χ1n) is 9.72. The van der Waals surface area contributed by atoms with Crippen LogP contribution in [0.4, 0.5) is 0 Å². The summed E-state index contributed by atoms with van der Waals surface area (Å²) in [5.74, 6) is 0. The zero-order chi connectivity index (χ0) is 20.9. The highest BCUT2D eigenvalue weighted by Crippen LogP contribution is 2.13. The zero-order valence-corrected chi connectivity index (χ0v) is 18.3. The predicted molar refractivity (Wildman–Crippen MR) is 125 cm³/mol. The van der Waals surface area contributed by atoms with Crippen molar-refractivity contribution in [2.75, 3.05) is 41.3 Å². The second kappa shape index (κ2) is 12.7. The number of nitrogens with zero attached hydrogens (tertiary/aromatic N) is 3. The minimum absolute atomic E-state index is 0.129. The van der Waals surface area contributed by atoms with E-state index in [0.717, 1.165) is 30.1 Å². The van der Waals surface area contributed by atoms with Crippen LogP contribution in [0.2, 0.25) is 0 Å². The van der Waals surface area contributed by atoms with E-state index in [2.05, 4.69) is 91.2 Å². The average Bonchev–Trinajstić information content (AvgIpc) is 2.69. The molecular formula is C24H36N4. The summed E-state index contributed by atoms with van der Waals surface area (Å²) in [6, 6.07) is 10.4. The van der Waals surface area contributed by atoms with Gasteiger partial charge in [0.25, 0.3) is 0 Å². The van der Waals surface area contributed by atoms with Crippen LogP contribution in [0, 0.1) is 0 Å². The van der Waals surface area contributed by atoms with E-state index in [9.17, 15) is 0 Å². The van der Waals surface area contributed by atoms with E-state index in [1.807, 2.05) is 31.3 Å². The van der Waals surface area contributed by atoms with Crippen molar-refractivity contribution in [2.24, 2.45) is 4.99 Å². The smallest absolute Gasteiger partial charge is 0.0576 e. The lowest BCUT2D eigenvalue weighted by Gasteiger charge is -2.28. The molecule has 0 aliphatic rings. The molecule has 152 valence electrons. The third kappa shape index (κ3) is 8.40.